The molecule has 0 unspecified atom stereocenters. The lowest BCUT2D eigenvalue weighted by molar-refractivity contribution is -0.143. The summed E-state index contributed by atoms with van der Waals surface area (Å²) in [4.78, 5) is 24.8. The first-order valence-electron chi connectivity index (χ1n) is 7.34. The number of rotatable bonds is 6. The number of carbonyl (C=O) groups is 2. The number of carboxylic acids is 1. The van der Waals surface area contributed by atoms with Crippen molar-refractivity contribution in [1.82, 2.24) is 4.90 Å². The Morgan fingerprint density at radius 3 is 2.58 bits per heavy atom. The normalized spacial score (nSPS) is 16.2. The maximum Gasteiger partial charge on any atom is 0.387 e. The van der Waals surface area contributed by atoms with Crippen LogP contribution in [0.5, 0.6) is 5.75 Å². The molecule has 0 saturated carbocycles. The Morgan fingerprint density at radius 2 is 2.04 bits per heavy atom. The molecule has 0 radical (unpaired) electrons. The van der Waals surface area contributed by atoms with E-state index in [1.165, 1.54) is 18.2 Å². The second kappa shape index (κ2) is 8.25. The SMILES string of the molecule is O=C(CN1CCC(C(=O)O)CC1)Nc1ccc(OC(F)F)c(Cl)c1. The van der Waals surface area contributed by atoms with E-state index in [1.807, 2.05) is 4.90 Å². The summed E-state index contributed by atoms with van der Waals surface area (Å²) < 4.78 is 28.5. The third-order valence-corrected chi connectivity index (χ3v) is 4.03. The van der Waals surface area contributed by atoms with Gasteiger partial charge in [-0.2, -0.15) is 8.78 Å². The van der Waals surface area contributed by atoms with Gasteiger partial charge >= 0.3 is 12.6 Å². The Balaban J connectivity index is 1.84. The highest BCUT2D eigenvalue weighted by molar-refractivity contribution is 6.32. The van der Waals surface area contributed by atoms with Crippen molar-refractivity contribution in [3.05, 3.63) is 23.2 Å². The number of alkyl halides is 2. The molecular weight excluding hydrogens is 346 g/mol. The minimum atomic E-state index is -2.98. The minimum absolute atomic E-state index is 0.0321. The van der Waals surface area contributed by atoms with Gasteiger partial charge in [0.15, 0.2) is 0 Å². The van der Waals surface area contributed by atoms with Crippen molar-refractivity contribution in [2.75, 3.05) is 25.0 Å². The van der Waals surface area contributed by atoms with Gasteiger partial charge in [0.25, 0.3) is 0 Å². The van der Waals surface area contributed by atoms with E-state index < -0.39 is 12.6 Å². The number of hydrogen-bond donors (Lipinski definition) is 2. The molecule has 1 fully saturated rings. The smallest absolute Gasteiger partial charge is 0.387 e. The number of nitrogens with one attached hydrogen (secondary N) is 1. The number of anilines is 1. The van der Waals surface area contributed by atoms with Crippen LogP contribution in [-0.2, 0) is 9.59 Å². The molecule has 1 aliphatic heterocycles. The average molecular weight is 363 g/mol. The fraction of sp³-hybridized carbons (Fsp3) is 0.467. The average Bonchev–Trinajstić information content (AvgIpc) is 2.50. The summed E-state index contributed by atoms with van der Waals surface area (Å²) in [5.41, 5.74) is 0.368. The topological polar surface area (TPSA) is 78.9 Å². The Bertz CT molecular complexity index is 607. The maximum absolute atomic E-state index is 12.2. The number of likely N-dealkylation sites (tertiary alicyclic amines) is 1. The number of piperidine rings is 1. The lowest BCUT2D eigenvalue weighted by atomic mass is 9.97. The van der Waals surface area contributed by atoms with Crippen molar-refractivity contribution in [3.63, 3.8) is 0 Å². The number of amides is 1. The number of hydrogen-bond acceptors (Lipinski definition) is 4. The fourth-order valence-corrected chi connectivity index (χ4v) is 2.74. The highest BCUT2D eigenvalue weighted by Gasteiger charge is 2.25. The molecule has 1 aliphatic rings. The molecule has 1 heterocycles. The lowest BCUT2D eigenvalue weighted by Crippen LogP contribution is -2.40. The number of carbonyl (C=O) groups excluding carboxylic acids is 1. The molecule has 2 N–H and O–H groups in total. The van der Waals surface area contributed by atoms with Crippen molar-refractivity contribution >= 4 is 29.2 Å². The zero-order valence-electron chi connectivity index (χ0n) is 12.7. The lowest BCUT2D eigenvalue weighted by Gasteiger charge is -2.29. The molecule has 0 aliphatic carbocycles. The Hall–Kier alpha value is -1.93. The van der Waals surface area contributed by atoms with E-state index in [9.17, 15) is 18.4 Å². The van der Waals surface area contributed by atoms with Gasteiger partial charge in [-0.25, -0.2) is 0 Å². The number of aliphatic carboxylic acids is 1. The molecule has 1 aromatic rings. The third-order valence-electron chi connectivity index (χ3n) is 3.74. The van der Waals surface area contributed by atoms with E-state index in [-0.39, 0.29) is 29.1 Å². The highest BCUT2D eigenvalue weighted by Crippen LogP contribution is 2.29. The predicted molar refractivity (Wildman–Crippen MR) is 83.5 cm³/mol. The summed E-state index contributed by atoms with van der Waals surface area (Å²) in [5.74, 6) is -1.62. The van der Waals surface area contributed by atoms with Crippen LogP contribution in [-0.4, -0.2) is 48.1 Å². The second-order valence-electron chi connectivity index (χ2n) is 5.46. The van der Waals surface area contributed by atoms with Crippen molar-refractivity contribution in [2.45, 2.75) is 19.5 Å². The van der Waals surface area contributed by atoms with Crippen LogP contribution in [0.2, 0.25) is 5.02 Å². The summed E-state index contributed by atoms with van der Waals surface area (Å²) in [5, 5.41) is 11.5. The van der Waals surface area contributed by atoms with E-state index in [0.717, 1.165) is 0 Å². The molecule has 24 heavy (non-hydrogen) atoms. The van der Waals surface area contributed by atoms with Crippen LogP contribution in [0.4, 0.5) is 14.5 Å². The molecule has 0 bridgehead atoms. The summed E-state index contributed by atoms with van der Waals surface area (Å²) in [6.07, 6.45) is 1.02. The summed E-state index contributed by atoms with van der Waals surface area (Å²) in [7, 11) is 0. The van der Waals surface area contributed by atoms with Gasteiger partial charge in [0.1, 0.15) is 5.75 Å². The molecule has 0 aromatic heterocycles. The van der Waals surface area contributed by atoms with E-state index in [2.05, 4.69) is 10.1 Å². The number of benzene rings is 1. The zero-order chi connectivity index (χ0) is 17.7. The third kappa shape index (κ3) is 5.31. The van der Waals surface area contributed by atoms with Crippen LogP contribution in [0.15, 0.2) is 18.2 Å². The first kappa shape index (κ1) is 18.4. The number of halogens is 3. The van der Waals surface area contributed by atoms with Crippen LogP contribution < -0.4 is 10.1 Å². The van der Waals surface area contributed by atoms with Crippen LogP contribution >= 0.6 is 11.6 Å². The molecule has 0 spiro atoms. The predicted octanol–water partition coefficient (Wildman–Crippen LogP) is 2.68. The monoisotopic (exact) mass is 362 g/mol. The van der Waals surface area contributed by atoms with Crippen molar-refractivity contribution in [2.24, 2.45) is 5.92 Å². The van der Waals surface area contributed by atoms with Gasteiger partial charge in [-0.1, -0.05) is 11.6 Å². The summed E-state index contributed by atoms with van der Waals surface area (Å²) in [6.45, 7) is -1.78. The number of ether oxygens (including phenoxy) is 1. The molecule has 132 valence electrons. The largest absolute Gasteiger partial charge is 0.481 e. The van der Waals surface area contributed by atoms with Gasteiger partial charge in [0, 0.05) is 5.69 Å². The van der Waals surface area contributed by atoms with E-state index >= 15 is 0 Å². The molecule has 1 saturated heterocycles. The second-order valence-corrected chi connectivity index (χ2v) is 5.87. The van der Waals surface area contributed by atoms with Crippen LogP contribution in [0.1, 0.15) is 12.8 Å². The minimum Gasteiger partial charge on any atom is -0.481 e. The molecule has 1 aromatic carbocycles. The van der Waals surface area contributed by atoms with Crippen LogP contribution in [0.3, 0.4) is 0 Å². The van der Waals surface area contributed by atoms with E-state index in [4.69, 9.17) is 16.7 Å². The van der Waals surface area contributed by atoms with Crippen molar-refractivity contribution in [1.29, 1.82) is 0 Å². The Kier molecular flexibility index (Phi) is 6.33. The first-order valence-corrected chi connectivity index (χ1v) is 7.72. The molecule has 0 atom stereocenters. The van der Waals surface area contributed by atoms with Gasteiger partial charge < -0.3 is 15.2 Å². The standard InChI is InChI=1S/C15H17ClF2N2O4/c16-11-7-10(1-2-12(11)24-15(17)18)19-13(21)8-20-5-3-9(4-6-20)14(22)23/h1-2,7,9,15H,3-6,8H2,(H,19,21)(H,22,23). The summed E-state index contributed by atoms with van der Waals surface area (Å²) >= 11 is 5.82. The van der Waals surface area contributed by atoms with Gasteiger partial charge in [0.05, 0.1) is 17.5 Å². The van der Waals surface area contributed by atoms with Crippen LogP contribution in [0.25, 0.3) is 0 Å². The van der Waals surface area contributed by atoms with E-state index in [0.29, 0.717) is 31.6 Å². The van der Waals surface area contributed by atoms with Crippen molar-refractivity contribution in [3.8, 4) is 5.75 Å². The van der Waals surface area contributed by atoms with Gasteiger partial charge in [0.2, 0.25) is 5.91 Å². The molecular formula is C15H17ClF2N2O4. The zero-order valence-corrected chi connectivity index (χ0v) is 13.4. The van der Waals surface area contributed by atoms with E-state index in [1.54, 1.807) is 0 Å². The Morgan fingerprint density at radius 1 is 1.38 bits per heavy atom. The molecule has 1 amide bonds. The first-order chi connectivity index (χ1) is 11.3. The number of nitrogens with zero attached hydrogens (tertiary/aromatic N) is 1. The van der Waals surface area contributed by atoms with Gasteiger partial charge in [-0.05, 0) is 44.1 Å². The van der Waals surface area contributed by atoms with Crippen LogP contribution in [0, 0.1) is 5.92 Å². The highest BCUT2D eigenvalue weighted by atomic mass is 35.5. The maximum atomic E-state index is 12.2. The molecule has 6 nitrogen and oxygen atoms in total. The summed E-state index contributed by atoms with van der Waals surface area (Å²) in [6, 6.07) is 3.99. The molecule has 9 heteroatoms. The Labute approximate surface area is 142 Å². The quantitative estimate of drug-likeness (QED) is 0.813. The number of carboxylic acid groups (broad SMARTS) is 1. The van der Waals surface area contributed by atoms with Gasteiger partial charge in [-0.3, -0.25) is 14.5 Å². The fourth-order valence-electron chi connectivity index (χ4n) is 2.51. The molecule has 2 rings (SSSR count). The van der Waals surface area contributed by atoms with Gasteiger partial charge in [-0.15, -0.1) is 0 Å². The van der Waals surface area contributed by atoms with Crippen molar-refractivity contribution < 1.29 is 28.2 Å².